The van der Waals surface area contributed by atoms with Crippen molar-refractivity contribution in [1.82, 2.24) is 0 Å². The van der Waals surface area contributed by atoms with E-state index in [2.05, 4.69) is 71.3 Å². The highest BCUT2D eigenvalue weighted by Crippen LogP contribution is 2.25. The van der Waals surface area contributed by atoms with Gasteiger partial charge in [-0.15, -0.1) is 0 Å². The summed E-state index contributed by atoms with van der Waals surface area (Å²) in [6.07, 6.45) is 5.18. The fourth-order valence-electron chi connectivity index (χ4n) is 1.60. The van der Waals surface area contributed by atoms with Crippen LogP contribution in [0.5, 0.6) is 0 Å². The van der Waals surface area contributed by atoms with Crippen molar-refractivity contribution in [3.05, 3.63) is 61.9 Å². The van der Waals surface area contributed by atoms with Crippen molar-refractivity contribution in [2.45, 2.75) is 37.8 Å². The zero-order chi connectivity index (χ0) is 16.7. The molecule has 2 fully saturated rings. The van der Waals surface area contributed by atoms with Crippen molar-refractivity contribution < 1.29 is 0 Å². The van der Waals surface area contributed by atoms with Gasteiger partial charge in [-0.25, -0.2) is 0 Å². The Bertz CT molecular complexity index is 593. The van der Waals surface area contributed by atoms with Crippen molar-refractivity contribution in [2.24, 2.45) is 5.73 Å². The molecule has 2 aromatic carbocycles. The van der Waals surface area contributed by atoms with Crippen LogP contribution in [0.4, 0.5) is 5.69 Å². The number of nitrogens with two attached hydrogens (primary N) is 1. The molecule has 23 heavy (non-hydrogen) atoms. The number of hydrogen-bond donors (Lipinski definition) is 2. The zero-order valence-corrected chi connectivity index (χ0v) is 17.6. The molecule has 0 aliphatic heterocycles. The lowest BCUT2D eigenvalue weighted by molar-refractivity contribution is 1.07. The summed E-state index contributed by atoms with van der Waals surface area (Å²) in [5.41, 5.74) is 6.45. The quantitative estimate of drug-likeness (QED) is 0.500. The van der Waals surface area contributed by atoms with Crippen molar-refractivity contribution in [3.63, 3.8) is 0 Å². The third kappa shape index (κ3) is 9.50. The number of halogens is 3. The monoisotopic (exact) mass is 502 g/mol. The molecule has 0 aromatic heterocycles. The summed E-state index contributed by atoms with van der Waals surface area (Å²) in [6.45, 7) is 0. The SMILES string of the molecule is Brc1cccc(Br)c1.Brc1cccc(NC2CC2)c1.NC1CC1. The van der Waals surface area contributed by atoms with Gasteiger partial charge in [-0.3, -0.25) is 0 Å². The fraction of sp³-hybridized carbons (Fsp3) is 0.333. The van der Waals surface area contributed by atoms with Crippen LogP contribution in [0.15, 0.2) is 61.9 Å². The summed E-state index contributed by atoms with van der Waals surface area (Å²) in [4.78, 5) is 0. The van der Waals surface area contributed by atoms with Gasteiger partial charge >= 0.3 is 0 Å². The molecule has 2 aliphatic rings. The van der Waals surface area contributed by atoms with Crippen molar-refractivity contribution in [1.29, 1.82) is 0 Å². The molecule has 2 nitrogen and oxygen atoms in total. The predicted octanol–water partition coefficient (Wildman–Crippen LogP) is 6.34. The zero-order valence-electron chi connectivity index (χ0n) is 12.8. The van der Waals surface area contributed by atoms with Crippen LogP contribution in [0.2, 0.25) is 0 Å². The van der Waals surface area contributed by atoms with E-state index in [9.17, 15) is 0 Å². The van der Waals surface area contributed by atoms with E-state index >= 15 is 0 Å². The minimum atomic E-state index is 0.583. The minimum Gasteiger partial charge on any atom is -0.382 e. The van der Waals surface area contributed by atoms with Gasteiger partial charge < -0.3 is 11.1 Å². The largest absolute Gasteiger partial charge is 0.382 e. The Morgan fingerprint density at radius 2 is 1.26 bits per heavy atom. The standard InChI is InChI=1S/C9H10BrN.C6H4Br2.C3H7N/c10-7-2-1-3-9(6-7)11-8-4-5-8;7-5-2-1-3-6(8)4-5;4-3-1-2-3/h1-3,6,8,11H,4-5H2;1-4H;3H,1-2,4H2. The molecule has 124 valence electrons. The minimum absolute atomic E-state index is 0.583. The maximum atomic E-state index is 5.22. The first-order valence-electron chi connectivity index (χ1n) is 7.71. The normalized spacial score (nSPS) is 15.7. The van der Waals surface area contributed by atoms with Crippen LogP contribution in [-0.4, -0.2) is 12.1 Å². The predicted molar refractivity (Wildman–Crippen MR) is 110 cm³/mol. The lowest BCUT2D eigenvalue weighted by Crippen LogP contribution is -1.99. The van der Waals surface area contributed by atoms with E-state index in [1.54, 1.807) is 0 Å². The van der Waals surface area contributed by atoms with E-state index in [-0.39, 0.29) is 0 Å². The summed E-state index contributed by atoms with van der Waals surface area (Å²) in [5, 5.41) is 3.43. The number of anilines is 1. The average molecular weight is 505 g/mol. The molecule has 0 atom stereocenters. The first kappa shape index (κ1) is 19.0. The van der Waals surface area contributed by atoms with E-state index in [4.69, 9.17) is 5.73 Å². The Hall–Kier alpha value is -0.360. The molecule has 5 heteroatoms. The smallest absolute Gasteiger partial charge is 0.0353 e. The Balaban J connectivity index is 0.000000140. The summed E-state index contributed by atoms with van der Waals surface area (Å²) in [5.74, 6) is 0. The summed E-state index contributed by atoms with van der Waals surface area (Å²) in [7, 11) is 0. The Kier molecular flexibility index (Phi) is 8.10. The molecular weight excluding hydrogens is 484 g/mol. The highest BCUT2D eigenvalue weighted by molar-refractivity contribution is 9.11. The van der Waals surface area contributed by atoms with Crippen molar-refractivity contribution in [2.75, 3.05) is 5.32 Å². The second-order valence-electron chi connectivity index (χ2n) is 5.71. The first-order chi connectivity index (χ1) is 11.0. The number of rotatable bonds is 2. The lowest BCUT2D eigenvalue weighted by atomic mass is 10.3. The van der Waals surface area contributed by atoms with E-state index < -0.39 is 0 Å². The van der Waals surface area contributed by atoms with Crippen LogP contribution in [0.3, 0.4) is 0 Å². The third-order valence-corrected chi connectivity index (χ3v) is 4.66. The van der Waals surface area contributed by atoms with Gasteiger partial charge in [-0.05, 0) is 62.1 Å². The van der Waals surface area contributed by atoms with Crippen LogP contribution in [0, 0.1) is 0 Å². The van der Waals surface area contributed by atoms with Gasteiger partial charge in [0.25, 0.3) is 0 Å². The van der Waals surface area contributed by atoms with Gasteiger partial charge in [0.1, 0.15) is 0 Å². The molecule has 0 heterocycles. The fourth-order valence-corrected chi connectivity index (χ4v) is 3.10. The number of hydrogen-bond acceptors (Lipinski definition) is 2. The van der Waals surface area contributed by atoms with Gasteiger partial charge in [-0.2, -0.15) is 0 Å². The topological polar surface area (TPSA) is 38.0 Å². The number of benzene rings is 2. The summed E-state index contributed by atoms with van der Waals surface area (Å²) in [6, 6.07) is 17.6. The molecule has 2 aromatic rings. The van der Waals surface area contributed by atoms with Gasteiger partial charge in [0.2, 0.25) is 0 Å². The molecule has 4 rings (SSSR count). The van der Waals surface area contributed by atoms with E-state index in [1.807, 2.05) is 30.3 Å². The Labute approximate surface area is 163 Å². The highest BCUT2D eigenvalue weighted by Gasteiger charge is 2.20. The number of nitrogens with one attached hydrogen (secondary N) is 1. The third-order valence-electron chi connectivity index (χ3n) is 3.18. The van der Waals surface area contributed by atoms with E-state index in [0.29, 0.717) is 6.04 Å². The van der Waals surface area contributed by atoms with E-state index in [1.165, 1.54) is 31.4 Å². The Morgan fingerprint density at radius 3 is 1.61 bits per heavy atom. The summed E-state index contributed by atoms with van der Waals surface area (Å²) < 4.78 is 3.35. The molecule has 0 unspecified atom stereocenters. The van der Waals surface area contributed by atoms with Crippen LogP contribution in [0.1, 0.15) is 25.7 Å². The molecule has 0 amide bonds. The van der Waals surface area contributed by atoms with Crippen LogP contribution >= 0.6 is 47.8 Å². The van der Waals surface area contributed by atoms with Crippen LogP contribution < -0.4 is 11.1 Å². The highest BCUT2D eigenvalue weighted by atomic mass is 79.9. The molecule has 3 N–H and O–H groups in total. The molecule has 0 radical (unpaired) electrons. The molecule has 2 aliphatic carbocycles. The molecule has 0 bridgehead atoms. The molecule has 0 spiro atoms. The second kappa shape index (κ2) is 9.82. The molecule has 0 saturated heterocycles. The van der Waals surface area contributed by atoms with Gasteiger partial charge in [0, 0.05) is 31.2 Å². The molecule has 2 saturated carbocycles. The molecular formula is C18H21Br3N2. The van der Waals surface area contributed by atoms with Crippen LogP contribution in [0.25, 0.3) is 0 Å². The second-order valence-corrected chi connectivity index (χ2v) is 8.45. The van der Waals surface area contributed by atoms with Crippen molar-refractivity contribution >= 4 is 53.5 Å². The van der Waals surface area contributed by atoms with Crippen molar-refractivity contribution in [3.8, 4) is 0 Å². The van der Waals surface area contributed by atoms with Gasteiger partial charge in [-0.1, -0.05) is 59.9 Å². The van der Waals surface area contributed by atoms with Gasteiger partial charge in [0.05, 0.1) is 0 Å². The first-order valence-corrected chi connectivity index (χ1v) is 10.1. The van der Waals surface area contributed by atoms with Crippen LogP contribution in [-0.2, 0) is 0 Å². The maximum absolute atomic E-state index is 5.22. The average Bonchev–Trinajstić information content (AvgIpc) is 3.39. The Morgan fingerprint density at radius 1 is 0.783 bits per heavy atom. The van der Waals surface area contributed by atoms with Gasteiger partial charge in [0.15, 0.2) is 0 Å². The summed E-state index contributed by atoms with van der Waals surface area (Å²) >= 11 is 10.1. The lowest BCUT2D eigenvalue weighted by Gasteiger charge is -2.03. The maximum Gasteiger partial charge on any atom is 0.0353 e. The van der Waals surface area contributed by atoms with E-state index in [0.717, 1.165) is 19.5 Å².